The first-order valence-electron chi connectivity index (χ1n) is 9.26. The summed E-state index contributed by atoms with van der Waals surface area (Å²) in [6.07, 6.45) is 2.98. The number of hydrogen-bond donors (Lipinski definition) is 1. The number of piperidine rings is 1. The van der Waals surface area contributed by atoms with E-state index in [-0.39, 0.29) is 5.91 Å². The first kappa shape index (κ1) is 18.3. The van der Waals surface area contributed by atoms with Crippen LogP contribution in [-0.2, 0) is 11.2 Å². The van der Waals surface area contributed by atoms with E-state index in [1.807, 2.05) is 41.3 Å². The number of carbonyl (C=O) groups excluding carboxylic acids is 1. The van der Waals surface area contributed by atoms with Crippen LogP contribution in [0.15, 0.2) is 42.5 Å². The minimum atomic E-state index is 0.184. The molecule has 4 nitrogen and oxygen atoms in total. The van der Waals surface area contributed by atoms with E-state index in [2.05, 4.69) is 4.98 Å². The van der Waals surface area contributed by atoms with Gasteiger partial charge in [-0.2, -0.15) is 0 Å². The molecule has 0 radical (unpaired) electrons. The number of benzene rings is 2. The second kappa shape index (κ2) is 7.91. The van der Waals surface area contributed by atoms with Crippen LogP contribution in [0.3, 0.4) is 0 Å². The van der Waals surface area contributed by atoms with E-state index in [0.29, 0.717) is 28.8 Å². The van der Waals surface area contributed by atoms with Crippen molar-refractivity contribution in [2.24, 2.45) is 0 Å². The molecule has 4 rings (SSSR count). The summed E-state index contributed by atoms with van der Waals surface area (Å²) in [6.45, 7) is 1.55. The maximum absolute atomic E-state index is 12.6. The number of imidazole rings is 1. The number of H-pyrrole nitrogens is 1. The van der Waals surface area contributed by atoms with Gasteiger partial charge in [-0.15, -0.1) is 0 Å². The Bertz CT molecular complexity index is 928. The number of para-hydroxylation sites is 2. The molecule has 2 aromatic carbocycles. The van der Waals surface area contributed by atoms with Crippen molar-refractivity contribution < 1.29 is 4.79 Å². The number of aryl methyl sites for hydroxylation is 1. The fourth-order valence-electron chi connectivity index (χ4n) is 3.69. The molecule has 0 bridgehead atoms. The lowest BCUT2D eigenvalue weighted by Crippen LogP contribution is -2.38. The largest absolute Gasteiger partial charge is 0.343 e. The number of amides is 1. The normalized spacial score (nSPS) is 15.4. The molecule has 0 spiro atoms. The maximum Gasteiger partial charge on any atom is 0.222 e. The second-order valence-corrected chi connectivity index (χ2v) is 7.87. The van der Waals surface area contributed by atoms with Gasteiger partial charge in [0.15, 0.2) is 0 Å². The monoisotopic (exact) mass is 401 g/mol. The highest BCUT2D eigenvalue weighted by molar-refractivity contribution is 6.35. The van der Waals surface area contributed by atoms with Crippen LogP contribution in [-0.4, -0.2) is 33.9 Å². The average molecular weight is 402 g/mol. The third kappa shape index (κ3) is 4.12. The molecule has 1 fully saturated rings. The second-order valence-electron chi connectivity index (χ2n) is 7.03. The SMILES string of the molecule is O=C(CCc1ccc(Cl)cc1Cl)N1CCC(c2nc3ccccc3[nH]2)CC1. The van der Waals surface area contributed by atoms with Gasteiger partial charge in [0.1, 0.15) is 5.82 Å². The maximum atomic E-state index is 12.6. The van der Waals surface area contributed by atoms with Crippen LogP contribution in [0.4, 0.5) is 0 Å². The Labute approximate surface area is 168 Å². The van der Waals surface area contributed by atoms with Crippen LogP contribution >= 0.6 is 23.2 Å². The Morgan fingerprint density at radius 3 is 2.67 bits per heavy atom. The van der Waals surface area contributed by atoms with E-state index in [4.69, 9.17) is 28.2 Å². The number of likely N-dealkylation sites (tertiary alicyclic amines) is 1. The first-order valence-corrected chi connectivity index (χ1v) is 10.0. The van der Waals surface area contributed by atoms with Crippen LogP contribution < -0.4 is 0 Å². The molecule has 0 atom stereocenters. The number of rotatable bonds is 4. The first-order chi connectivity index (χ1) is 13.1. The lowest BCUT2D eigenvalue weighted by atomic mass is 9.95. The molecular formula is C21H21Cl2N3O. The Kier molecular flexibility index (Phi) is 5.37. The van der Waals surface area contributed by atoms with Gasteiger partial charge >= 0.3 is 0 Å². The zero-order valence-corrected chi connectivity index (χ0v) is 16.4. The molecule has 2 heterocycles. The van der Waals surface area contributed by atoms with E-state index in [9.17, 15) is 4.79 Å². The van der Waals surface area contributed by atoms with Crippen molar-refractivity contribution in [3.8, 4) is 0 Å². The van der Waals surface area contributed by atoms with Crippen LogP contribution in [0.2, 0.25) is 10.0 Å². The highest BCUT2D eigenvalue weighted by Crippen LogP contribution is 2.28. The molecule has 1 amide bonds. The van der Waals surface area contributed by atoms with Crippen molar-refractivity contribution in [1.29, 1.82) is 0 Å². The molecule has 1 N–H and O–H groups in total. The van der Waals surface area contributed by atoms with E-state index in [0.717, 1.165) is 48.4 Å². The lowest BCUT2D eigenvalue weighted by molar-refractivity contribution is -0.132. The molecule has 1 aliphatic heterocycles. The van der Waals surface area contributed by atoms with Crippen molar-refractivity contribution in [1.82, 2.24) is 14.9 Å². The van der Waals surface area contributed by atoms with Gasteiger partial charge in [0.2, 0.25) is 5.91 Å². The number of carbonyl (C=O) groups is 1. The zero-order chi connectivity index (χ0) is 18.8. The number of hydrogen-bond acceptors (Lipinski definition) is 2. The summed E-state index contributed by atoms with van der Waals surface area (Å²) in [6, 6.07) is 13.5. The highest BCUT2D eigenvalue weighted by atomic mass is 35.5. The highest BCUT2D eigenvalue weighted by Gasteiger charge is 2.25. The molecule has 140 valence electrons. The van der Waals surface area contributed by atoms with Crippen LogP contribution in [0, 0.1) is 0 Å². The summed E-state index contributed by atoms with van der Waals surface area (Å²) in [5, 5.41) is 1.24. The topological polar surface area (TPSA) is 49.0 Å². The number of nitrogens with zero attached hydrogens (tertiary/aromatic N) is 2. The molecule has 1 aromatic heterocycles. The summed E-state index contributed by atoms with van der Waals surface area (Å²) < 4.78 is 0. The Hall–Kier alpha value is -2.04. The van der Waals surface area contributed by atoms with E-state index in [1.165, 1.54) is 0 Å². The van der Waals surface area contributed by atoms with Gasteiger partial charge in [-0.3, -0.25) is 4.79 Å². The molecule has 3 aromatic rings. The van der Waals surface area contributed by atoms with Gasteiger partial charge in [0.05, 0.1) is 11.0 Å². The molecule has 6 heteroatoms. The van der Waals surface area contributed by atoms with Crippen LogP contribution in [0.5, 0.6) is 0 Å². The molecule has 0 saturated carbocycles. The third-order valence-corrected chi connectivity index (χ3v) is 5.85. The standard InChI is InChI=1S/C21H21Cl2N3O/c22-16-7-5-14(17(23)13-16)6-8-20(27)26-11-9-15(10-12-26)21-24-18-3-1-2-4-19(18)25-21/h1-5,7,13,15H,6,8-12H2,(H,24,25). The van der Waals surface area contributed by atoms with Gasteiger partial charge in [-0.25, -0.2) is 4.98 Å². The van der Waals surface area contributed by atoms with Gasteiger partial charge in [-0.05, 0) is 49.1 Å². The number of aromatic amines is 1. The van der Waals surface area contributed by atoms with Crippen molar-refractivity contribution >= 4 is 40.1 Å². The minimum Gasteiger partial charge on any atom is -0.343 e. The molecule has 0 aliphatic carbocycles. The van der Waals surface area contributed by atoms with E-state index in [1.54, 1.807) is 6.07 Å². The summed E-state index contributed by atoms with van der Waals surface area (Å²) in [4.78, 5) is 22.7. The van der Waals surface area contributed by atoms with Crippen LogP contribution in [0.25, 0.3) is 11.0 Å². The molecule has 0 unspecified atom stereocenters. The van der Waals surface area contributed by atoms with Crippen molar-refractivity contribution in [3.05, 3.63) is 63.9 Å². The number of nitrogens with one attached hydrogen (secondary N) is 1. The summed E-state index contributed by atoms with van der Waals surface area (Å²) in [7, 11) is 0. The number of halogens is 2. The van der Waals surface area contributed by atoms with Gasteiger partial charge in [-0.1, -0.05) is 41.4 Å². The minimum absolute atomic E-state index is 0.184. The van der Waals surface area contributed by atoms with Gasteiger partial charge < -0.3 is 9.88 Å². The summed E-state index contributed by atoms with van der Waals surface area (Å²) >= 11 is 12.1. The fourth-order valence-corrected chi connectivity index (χ4v) is 4.20. The third-order valence-electron chi connectivity index (χ3n) is 5.27. The molecule has 27 heavy (non-hydrogen) atoms. The predicted molar refractivity (Wildman–Crippen MR) is 109 cm³/mol. The van der Waals surface area contributed by atoms with Gasteiger partial charge in [0, 0.05) is 35.5 Å². The number of aromatic nitrogens is 2. The number of fused-ring (bicyclic) bond motifs is 1. The van der Waals surface area contributed by atoms with E-state index >= 15 is 0 Å². The molecule has 1 aliphatic rings. The quantitative estimate of drug-likeness (QED) is 0.652. The smallest absolute Gasteiger partial charge is 0.222 e. The Morgan fingerprint density at radius 1 is 1.15 bits per heavy atom. The van der Waals surface area contributed by atoms with Crippen molar-refractivity contribution in [2.45, 2.75) is 31.6 Å². The predicted octanol–water partition coefficient (Wildman–Crippen LogP) is 5.21. The Morgan fingerprint density at radius 2 is 1.93 bits per heavy atom. The molecule has 1 saturated heterocycles. The summed E-state index contributed by atoms with van der Waals surface area (Å²) in [5.41, 5.74) is 3.04. The van der Waals surface area contributed by atoms with Crippen molar-refractivity contribution in [3.63, 3.8) is 0 Å². The zero-order valence-electron chi connectivity index (χ0n) is 14.9. The fraction of sp³-hybridized carbons (Fsp3) is 0.333. The summed E-state index contributed by atoms with van der Waals surface area (Å²) in [5.74, 6) is 1.60. The lowest BCUT2D eigenvalue weighted by Gasteiger charge is -2.31. The Balaban J connectivity index is 1.32. The van der Waals surface area contributed by atoms with Crippen molar-refractivity contribution in [2.75, 3.05) is 13.1 Å². The van der Waals surface area contributed by atoms with E-state index < -0.39 is 0 Å². The van der Waals surface area contributed by atoms with Crippen LogP contribution in [0.1, 0.15) is 36.6 Å². The average Bonchev–Trinajstić information content (AvgIpc) is 3.11. The van der Waals surface area contributed by atoms with Gasteiger partial charge in [0.25, 0.3) is 0 Å². The molecular weight excluding hydrogens is 381 g/mol.